The lowest BCUT2D eigenvalue weighted by Crippen LogP contribution is -2.30. The van der Waals surface area contributed by atoms with E-state index in [1.165, 1.54) is 0 Å². The van der Waals surface area contributed by atoms with Gasteiger partial charge < -0.3 is 34.2 Å². The Morgan fingerprint density at radius 3 is 0.860 bits per heavy atom. The van der Waals surface area contributed by atoms with Gasteiger partial charge in [-0.05, 0) is 141 Å². The lowest BCUT2D eigenvalue weighted by Gasteiger charge is -2.21. The van der Waals surface area contributed by atoms with Gasteiger partial charge in [-0.3, -0.25) is 32.5 Å². The van der Waals surface area contributed by atoms with Crippen LogP contribution in [0.2, 0.25) is 0 Å². The molecule has 0 spiro atoms. The van der Waals surface area contributed by atoms with Crippen molar-refractivity contribution in [2.75, 3.05) is 39.6 Å². The van der Waals surface area contributed by atoms with Gasteiger partial charge in [0.25, 0.3) is 0 Å². The second-order valence-corrected chi connectivity index (χ2v) is 25.4. The van der Waals surface area contributed by atoms with Crippen molar-refractivity contribution in [3.63, 3.8) is 0 Å². The molecule has 0 aromatic carbocycles. The molecule has 93 heavy (non-hydrogen) atoms. The fourth-order valence-corrected chi connectivity index (χ4v) is 10.1. The molecule has 18 heteroatoms. The summed E-state index contributed by atoms with van der Waals surface area (Å²) < 4.78 is 60.9. The van der Waals surface area contributed by atoms with Crippen molar-refractivity contribution in [1.82, 2.24) is 0 Å². The third-order valence-corrected chi connectivity index (χ3v) is 15.6. The molecule has 0 aliphatic rings. The fourth-order valence-electron chi connectivity index (χ4n) is 8.52. The van der Waals surface area contributed by atoms with E-state index in [0.29, 0.717) is 19.3 Å². The largest absolute Gasteiger partial charge is 0.472 e. The van der Waals surface area contributed by atoms with Gasteiger partial charge in [0.15, 0.2) is 6.10 Å². The van der Waals surface area contributed by atoms with Crippen LogP contribution >= 0.6 is 15.6 Å². The lowest BCUT2D eigenvalue weighted by atomic mass is 10.1. The monoisotopic (exact) mass is 1340 g/mol. The standard InChI is InChI=1S/C75H122O16P2/c1-4-7-10-13-16-19-22-25-28-30-32-33-34-35-37-39-41-43-46-49-52-55-58-61-73(78)85-64-70(76)65-87-92(81,82)88-66-71(77)67-89-93(83,84)90-69-72(91-75(80)63-60-57-54-51-48-45-40-27-24-21-18-15-12-9-6-3)68-86-74(79)62-59-56-53-50-47-44-42-38-36-31-29-26-23-20-17-14-11-8-5-2/h7-12,16-21,25-29,32-33,35-38,40,44,47,70-72,76-77H,4-6,13-15,22-24,30-31,34,39,41-43,45-46,48-69H2,1-3H3,(H,81,82)(H,83,84)/b10-7-,11-8-,12-9-,19-16-,20-17-,21-18-,28-25-,29-26-,33-32-,37-35-,38-36-,40-27-,47-44-. The van der Waals surface area contributed by atoms with Crippen LogP contribution in [-0.4, -0.2) is 95.9 Å². The molecule has 528 valence electrons. The van der Waals surface area contributed by atoms with Crippen molar-refractivity contribution in [3.05, 3.63) is 158 Å². The van der Waals surface area contributed by atoms with Crippen LogP contribution < -0.4 is 0 Å². The van der Waals surface area contributed by atoms with Crippen LogP contribution in [0, 0.1) is 0 Å². The topological polar surface area (TPSA) is 231 Å². The molecule has 16 nitrogen and oxygen atoms in total. The number of ether oxygens (including phenoxy) is 3. The Bertz CT molecular complexity index is 2320. The molecule has 0 bridgehead atoms. The average Bonchev–Trinajstić information content (AvgIpc) is 3.74. The Morgan fingerprint density at radius 1 is 0.301 bits per heavy atom. The van der Waals surface area contributed by atoms with Crippen LogP contribution in [0.1, 0.15) is 239 Å². The van der Waals surface area contributed by atoms with E-state index in [1.807, 2.05) is 0 Å². The summed E-state index contributed by atoms with van der Waals surface area (Å²) >= 11 is 0. The summed E-state index contributed by atoms with van der Waals surface area (Å²) in [6.45, 7) is 2.23. The number of aliphatic hydroxyl groups excluding tert-OH is 2. The zero-order valence-electron chi connectivity index (χ0n) is 57.1. The number of hydrogen-bond acceptors (Lipinski definition) is 14. The number of carbonyl (C=O) groups excluding carboxylic acids is 3. The predicted octanol–water partition coefficient (Wildman–Crippen LogP) is 19.5. The SMILES string of the molecule is CC/C=C\C/C=C\C/C=C\C/C=C\C/C=C\CCCCCCCCCC(=O)OCC(O)COP(=O)(O)OCC(O)COP(=O)(O)OCC(COC(=O)CCCCC/C=C\C/C=C\C/C=C\C/C=C\C/C=C\CC)OC(=O)CCCCCCC/C=C\C/C=C\C/C=C\CC. The highest BCUT2D eigenvalue weighted by molar-refractivity contribution is 7.47. The molecule has 0 saturated heterocycles. The molecule has 0 aliphatic carbocycles. The van der Waals surface area contributed by atoms with Crippen LogP contribution in [0.25, 0.3) is 0 Å². The first kappa shape index (κ1) is 88.2. The molecule has 5 atom stereocenters. The zero-order valence-corrected chi connectivity index (χ0v) is 58.9. The van der Waals surface area contributed by atoms with Crippen LogP contribution in [0.3, 0.4) is 0 Å². The van der Waals surface area contributed by atoms with E-state index in [1.54, 1.807) is 0 Å². The number of rotatable bonds is 64. The minimum Gasteiger partial charge on any atom is -0.463 e. The van der Waals surface area contributed by atoms with Crippen molar-refractivity contribution >= 4 is 33.6 Å². The third kappa shape index (κ3) is 68.4. The van der Waals surface area contributed by atoms with Gasteiger partial charge in [-0.15, -0.1) is 0 Å². The summed E-state index contributed by atoms with van der Waals surface area (Å²) in [5.74, 6) is -1.66. The second kappa shape index (κ2) is 67.2. The summed E-state index contributed by atoms with van der Waals surface area (Å²) in [6, 6.07) is 0. The first-order valence-corrected chi connectivity index (χ1v) is 37.8. The lowest BCUT2D eigenvalue weighted by molar-refractivity contribution is -0.161. The molecule has 4 N–H and O–H groups in total. The number of unbranched alkanes of at least 4 members (excludes halogenated alkanes) is 15. The molecule has 0 rings (SSSR count). The number of hydrogen-bond donors (Lipinski definition) is 4. The molecule has 5 unspecified atom stereocenters. The van der Waals surface area contributed by atoms with Gasteiger partial charge in [-0.25, -0.2) is 9.13 Å². The maximum atomic E-state index is 12.9. The van der Waals surface area contributed by atoms with Crippen molar-refractivity contribution in [2.45, 2.75) is 257 Å². The predicted molar refractivity (Wildman–Crippen MR) is 380 cm³/mol. The number of allylic oxidation sites excluding steroid dienone is 26. The summed E-state index contributed by atoms with van der Waals surface area (Å²) in [4.78, 5) is 58.4. The Kier molecular flexibility index (Phi) is 63.7. The summed E-state index contributed by atoms with van der Waals surface area (Å²) in [5, 5.41) is 20.6. The normalized spacial score (nSPS) is 15.1. The highest BCUT2D eigenvalue weighted by Gasteiger charge is 2.29. The van der Waals surface area contributed by atoms with Gasteiger partial charge in [-0.2, -0.15) is 0 Å². The van der Waals surface area contributed by atoms with Crippen molar-refractivity contribution in [2.24, 2.45) is 0 Å². The second-order valence-electron chi connectivity index (χ2n) is 22.5. The highest BCUT2D eigenvalue weighted by atomic mass is 31.2. The minimum atomic E-state index is -4.95. The Hall–Kier alpha value is -4.83. The molecular weight excluding hydrogens is 1220 g/mol. The van der Waals surface area contributed by atoms with Crippen molar-refractivity contribution in [3.8, 4) is 0 Å². The minimum absolute atomic E-state index is 0.0713. The van der Waals surface area contributed by atoms with Gasteiger partial charge in [0.2, 0.25) is 0 Å². The van der Waals surface area contributed by atoms with E-state index >= 15 is 0 Å². The van der Waals surface area contributed by atoms with Gasteiger partial charge in [0, 0.05) is 19.3 Å². The van der Waals surface area contributed by atoms with E-state index in [4.69, 9.17) is 32.3 Å². The van der Waals surface area contributed by atoms with Crippen LogP contribution in [-0.2, 0) is 55.8 Å². The van der Waals surface area contributed by atoms with E-state index in [-0.39, 0.29) is 19.3 Å². The summed E-state index contributed by atoms with van der Waals surface area (Å²) in [6.07, 6.45) is 81.5. The third-order valence-electron chi connectivity index (χ3n) is 13.7. The Balaban J connectivity index is 4.70. The molecule has 0 amide bonds. The average molecular weight is 1340 g/mol. The van der Waals surface area contributed by atoms with Gasteiger partial charge in [-0.1, -0.05) is 237 Å². The van der Waals surface area contributed by atoms with Crippen LogP contribution in [0.4, 0.5) is 0 Å². The zero-order chi connectivity index (χ0) is 68.1. The van der Waals surface area contributed by atoms with Gasteiger partial charge in [0.1, 0.15) is 25.4 Å². The molecule has 0 aliphatic heterocycles. The number of phosphoric ester groups is 2. The van der Waals surface area contributed by atoms with Gasteiger partial charge in [0.05, 0.1) is 26.4 Å². The van der Waals surface area contributed by atoms with Crippen LogP contribution in [0.5, 0.6) is 0 Å². The molecule has 0 fully saturated rings. The first-order valence-electron chi connectivity index (χ1n) is 34.8. The molecule has 0 aromatic heterocycles. The fraction of sp³-hybridized carbons (Fsp3) is 0.613. The van der Waals surface area contributed by atoms with Gasteiger partial charge >= 0.3 is 33.6 Å². The van der Waals surface area contributed by atoms with Crippen LogP contribution in [0.15, 0.2) is 158 Å². The maximum Gasteiger partial charge on any atom is 0.472 e. The number of carbonyl (C=O) groups is 3. The van der Waals surface area contributed by atoms with E-state index < -0.39 is 91.5 Å². The number of aliphatic hydroxyl groups is 2. The molecular formula is C75H122O16P2. The molecule has 0 radical (unpaired) electrons. The van der Waals surface area contributed by atoms with Crippen molar-refractivity contribution in [1.29, 1.82) is 0 Å². The molecule has 0 saturated carbocycles. The quantitative estimate of drug-likeness (QED) is 0.0146. The number of phosphoric acid groups is 2. The van der Waals surface area contributed by atoms with E-state index in [2.05, 4.69) is 179 Å². The molecule has 0 heterocycles. The number of esters is 3. The first-order chi connectivity index (χ1) is 45.2. The Morgan fingerprint density at radius 2 is 0.538 bits per heavy atom. The smallest absolute Gasteiger partial charge is 0.463 e. The van der Waals surface area contributed by atoms with E-state index in [9.17, 15) is 43.5 Å². The maximum absolute atomic E-state index is 12.9. The van der Waals surface area contributed by atoms with Crippen molar-refractivity contribution < 1.29 is 75.8 Å². The highest BCUT2D eigenvalue weighted by Crippen LogP contribution is 2.45. The summed E-state index contributed by atoms with van der Waals surface area (Å²) in [5.41, 5.74) is 0. The molecule has 0 aromatic rings. The Labute approximate surface area is 561 Å². The summed E-state index contributed by atoms with van der Waals surface area (Å²) in [7, 11) is -9.81. The van der Waals surface area contributed by atoms with E-state index in [0.717, 1.165) is 180 Å².